The van der Waals surface area contributed by atoms with Gasteiger partial charge in [0.2, 0.25) is 0 Å². The third-order valence-corrected chi connectivity index (χ3v) is 2.31. The van der Waals surface area contributed by atoms with Gasteiger partial charge in [0.15, 0.2) is 0 Å². The predicted molar refractivity (Wildman–Crippen MR) is 43.4 cm³/mol. The van der Waals surface area contributed by atoms with Gasteiger partial charge in [0, 0.05) is 19.1 Å². The summed E-state index contributed by atoms with van der Waals surface area (Å²) in [5, 5.41) is 0. The first-order valence-electron chi connectivity index (χ1n) is 4.10. The molecular formula is C8H17NO2. The number of ether oxygens (including phenoxy) is 2. The molecule has 3 nitrogen and oxygen atoms in total. The lowest BCUT2D eigenvalue weighted by atomic mass is 9.85. The van der Waals surface area contributed by atoms with E-state index >= 15 is 0 Å². The fraction of sp³-hybridized carbons (Fsp3) is 1.00. The van der Waals surface area contributed by atoms with E-state index in [1.165, 1.54) is 0 Å². The highest BCUT2D eigenvalue weighted by Gasteiger charge is 2.33. The zero-order chi connectivity index (χ0) is 8.16. The Bertz CT molecular complexity index is 103. The minimum Gasteiger partial charge on any atom is -0.384 e. The van der Waals surface area contributed by atoms with Crippen LogP contribution in [0.4, 0.5) is 0 Å². The second kappa shape index (κ2) is 4.04. The standard InChI is InChI=1S/C8H17NO2/c1-10-6-8(2-4-9)3-5-11-7-8/h2-7,9H2,1H3. The van der Waals surface area contributed by atoms with E-state index in [2.05, 4.69) is 0 Å². The summed E-state index contributed by atoms with van der Waals surface area (Å²) in [6.45, 7) is 3.19. The van der Waals surface area contributed by atoms with Crippen LogP contribution in [-0.4, -0.2) is 33.5 Å². The van der Waals surface area contributed by atoms with Gasteiger partial charge < -0.3 is 15.2 Å². The smallest absolute Gasteiger partial charge is 0.0545 e. The fourth-order valence-corrected chi connectivity index (χ4v) is 1.65. The van der Waals surface area contributed by atoms with E-state index in [0.717, 1.165) is 39.2 Å². The summed E-state index contributed by atoms with van der Waals surface area (Å²) in [5.74, 6) is 0. The molecule has 0 saturated carbocycles. The van der Waals surface area contributed by atoms with Crippen LogP contribution in [-0.2, 0) is 9.47 Å². The van der Waals surface area contributed by atoms with Gasteiger partial charge in [-0.3, -0.25) is 0 Å². The van der Waals surface area contributed by atoms with Crippen molar-refractivity contribution in [2.24, 2.45) is 11.1 Å². The van der Waals surface area contributed by atoms with E-state index in [1.54, 1.807) is 7.11 Å². The highest BCUT2D eigenvalue weighted by atomic mass is 16.5. The summed E-state index contributed by atoms with van der Waals surface area (Å²) in [6.07, 6.45) is 2.11. The van der Waals surface area contributed by atoms with Crippen molar-refractivity contribution in [1.82, 2.24) is 0 Å². The van der Waals surface area contributed by atoms with Gasteiger partial charge in [0.25, 0.3) is 0 Å². The van der Waals surface area contributed by atoms with Crippen LogP contribution >= 0.6 is 0 Å². The minimum atomic E-state index is 0.226. The monoisotopic (exact) mass is 159 g/mol. The Labute approximate surface area is 67.9 Å². The second-order valence-corrected chi connectivity index (χ2v) is 3.27. The third-order valence-electron chi connectivity index (χ3n) is 2.31. The Hall–Kier alpha value is -0.120. The maximum absolute atomic E-state index is 5.51. The van der Waals surface area contributed by atoms with E-state index in [4.69, 9.17) is 15.2 Å². The molecule has 0 aromatic rings. The quantitative estimate of drug-likeness (QED) is 0.645. The first kappa shape index (κ1) is 8.97. The van der Waals surface area contributed by atoms with Crippen molar-refractivity contribution in [1.29, 1.82) is 0 Å². The van der Waals surface area contributed by atoms with E-state index in [-0.39, 0.29) is 5.41 Å². The maximum atomic E-state index is 5.51. The van der Waals surface area contributed by atoms with Crippen LogP contribution in [0.2, 0.25) is 0 Å². The number of hydrogen-bond donors (Lipinski definition) is 1. The van der Waals surface area contributed by atoms with Crippen LogP contribution in [0.25, 0.3) is 0 Å². The van der Waals surface area contributed by atoms with Crippen molar-refractivity contribution in [2.75, 3.05) is 33.5 Å². The van der Waals surface area contributed by atoms with Crippen molar-refractivity contribution in [2.45, 2.75) is 12.8 Å². The van der Waals surface area contributed by atoms with Crippen LogP contribution < -0.4 is 5.73 Å². The van der Waals surface area contributed by atoms with Gasteiger partial charge in [-0.2, -0.15) is 0 Å². The van der Waals surface area contributed by atoms with Crippen LogP contribution in [0.1, 0.15) is 12.8 Å². The summed E-state index contributed by atoms with van der Waals surface area (Å²) in [5.41, 5.74) is 5.74. The van der Waals surface area contributed by atoms with Gasteiger partial charge in [-0.05, 0) is 19.4 Å². The zero-order valence-corrected chi connectivity index (χ0v) is 7.14. The lowest BCUT2D eigenvalue weighted by Crippen LogP contribution is -2.29. The second-order valence-electron chi connectivity index (χ2n) is 3.27. The molecule has 1 saturated heterocycles. The summed E-state index contributed by atoms with van der Waals surface area (Å²) < 4.78 is 10.5. The van der Waals surface area contributed by atoms with E-state index in [9.17, 15) is 0 Å². The molecule has 0 amide bonds. The topological polar surface area (TPSA) is 44.5 Å². The molecular weight excluding hydrogens is 142 g/mol. The Morgan fingerprint density at radius 2 is 2.45 bits per heavy atom. The van der Waals surface area contributed by atoms with E-state index in [0.29, 0.717) is 0 Å². The number of methoxy groups -OCH3 is 1. The summed E-state index contributed by atoms with van der Waals surface area (Å²) in [7, 11) is 1.73. The van der Waals surface area contributed by atoms with Crippen LogP contribution in [0, 0.1) is 5.41 Å². The fourth-order valence-electron chi connectivity index (χ4n) is 1.65. The Balaban J connectivity index is 2.40. The van der Waals surface area contributed by atoms with Crippen molar-refractivity contribution >= 4 is 0 Å². The van der Waals surface area contributed by atoms with Crippen LogP contribution in [0.3, 0.4) is 0 Å². The van der Waals surface area contributed by atoms with Crippen molar-refractivity contribution in [3.63, 3.8) is 0 Å². The van der Waals surface area contributed by atoms with Crippen LogP contribution in [0.5, 0.6) is 0 Å². The Morgan fingerprint density at radius 3 is 2.91 bits per heavy atom. The van der Waals surface area contributed by atoms with Gasteiger partial charge in [0.1, 0.15) is 0 Å². The molecule has 3 heteroatoms. The molecule has 0 aromatic heterocycles. The van der Waals surface area contributed by atoms with Crippen LogP contribution in [0.15, 0.2) is 0 Å². The van der Waals surface area contributed by atoms with Crippen molar-refractivity contribution in [3.05, 3.63) is 0 Å². The molecule has 66 valence electrons. The molecule has 1 atom stereocenters. The summed E-state index contributed by atoms with van der Waals surface area (Å²) >= 11 is 0. The predicted octanol–water partition coefficient (Wildman–Crippen LogP) is 0.388. The highest BCUT2D eigenvalue weighted by molar-refractivity contribution is 4.83. The Kier molecular flexibility index (Phi) is 3.30. The highest BCUT2D eigenvalue weighted by Crippen LogP contribution is 2.31. The summed E-state index contributed by atoms with van der Waals surface area (Å²) in [4.78, 5) is 0. The zero-order valence-electron chi connectivity index (χ0n) is 7.14. The molecule has 1 rings (SSSR count). The van der Waals surface area contributed by atoms with Gasteiger partial charge >= 0.3 is 0 Å². The lowest BCUT2D eigenvalue weighted by Gasteiger charge is -2.25. The van der Waals surface area contributed by atoms with Gasteiger partial charge in [0.05, 0.1) is 13.2 Å². The van der Waals surface area contributed by atoms with Crippen molar-refractivity contribution < 1.29 is 9.47 Å². The van der Waals surface area contributed by atoms with E-state index in [1.807, 2.05) is 0 Å². The normalized spacial score (nSPS) is 31.1. The first-order chi connectivity index (χ1) is 5.33. The molecule has 1 unspecified atom stereocenters. The molecule has 0 aliphatic carbocycles. The molecule has 1 fully saturated rings. The average Bonchev–Trinajstić information content (AvgIpc) is 2.39. The van der Waals surface area contributed by atoms with Gasteiger partial charge in [-0.15, -0.1) is 0 Å². The van der Waals surface area contributed by atoms with Gasteiger partial charge in [-0.1, -0.05) is 0 Å². The molecule has 2 N–H and O–H groups in total. The molecule has 0 radical (unpaired) electrons. The Morgan fingerprint density at radius 1 is 1.64 bits per heavy atom. The number of hydrogen-bond acceptors (Lipinski definition) is 3. The number of nitrogens with two attached hydrogens (primary N) is 1. The average molecular weight is 159 g/mol. The molecule has 11 heavy (non-hydrogen) atoms. The summed E-state index contributed by atoms with van der Waals surface area (Å²) in [6, 6.07) is 0. The first-order valence-corrected chi connectivity index (χ1v) is 4.10. The molecule has 1 heterocycles. The number of rotatable bonds is 4. The molecule has 0 spiro atoms. The molecule has 1 aliphatic rings. The molecule has 0 aromatic carbocycles. The van der Waals surface area contributed by atoms with Gasteiger partial charge in [-0.25, -0.2) is 0 Å². The lowest BCUT2D eigenvalue weighted by molar-refractivity contribution is 0.0585. The minimum absolute atomic E-state index is 0.226. The van der Waals surface area contributed by atoms with E-state index < -0.39 is 0 Å². The SMILES string of the molecule is COCC1(CCN)CCOC1. The molecule has 0 bridgehead atoms. The maximum Gasteiger partial charge on any atom is 0.0545 e. The van der Waals surface area contributed by atoms with Crippen molar-refractivity contribution in [3.8, 4) is 0 Å². The largest absolute Gasteiger partial charge is 0.384 e. The third kappa shape index (κ3) is 2.15. The molecule has 1 aliphatic heterocycles.